The van der Waals surface area contributed by atoms with Gasteiger partial charge in [0, 0.05) is 31.4 Å². The number of anilines is 2. The Morgan fingerprint density at radius 3 is 2.46 bits per heavy atom. The van der Waals surface area contributed by atoms with Gasteiger partial charge in [0.1, 0.15) is 17.3 Å². The molecule has 3 rings (SSSR count). The topological polar surface area (TPSA) is 44.4 Å². The van der Waals surface area contributed by atoms with Crippen molar-refractivity contribution in [1.82, 2.24) is 5.32 Å². The van der Waals surface area contributed by atoms with Gasteiger partial charge in [-0.1, -0.05) is 6.07 Å². The Balaban J connectivity index is 1.51. The number of para-hydroxylation sites is 1. The largest absolute Gasteiger partial charge is 0.371 e. The fraction of sp³-hybridized carbons (Fsp3) is 0.278. The van der Waals surface area contributed by atoms with Crippen molar-refractivity contribution in [2.75, 3.05) is 29.9 Å². The summed E-state index contributed by atoms with van der Waals surface area (Å²) >= 11 is 0. The maximum atomic E-state index is 13.5. The molecule has 2 aromatic rings. The van der Waals surface area contributed by atoms with Gasteiger partial charge in [-0.15, -0.1) is 0 Å². The highest BCUT2D eigenvalue weighted by atomic mass is 19.2. The van der Waals surface area contributed by atoms with Crippen molar-refractivity contribution in [2.45, 2.75) is 6.42 Å². The molecule has 4 nitrogen and oxygen atoms in total. The summed E-state index contributed by atoms with van der Waals surface area (Å²) in [5, 5.41) is 4.73. The summed E-state index contributed by atoms with van der Waals surface area (Å²) in [4.78, 5) is 13.7. The van der Waals surface area contributed by atoms with Crippen LogP contribution in [0.5, 0.6) is 0 Å². The molecule has 1 saturated heterocycles. The molecule has 2 aromatic carbocycles. The molecule has 1 unspecified atom stereocenters. The van der Waals surface area contributed by atoms with Crippen LogP contribution < -0.4 is 15.5 Å². The molecule has 0 spiro atoms. The summed E-state index contributed by atoms with van der Waals surface area (Å²) in [6.07, 6.45) is 0.743. The lowest BCUT2D eigenvalue weighted by molar-refractivity contribution is 0.250. The van der Waals surface area contributed by atoms with Gasteiger partial charge in [-0.3, -0.25) is 0 Å². The maximum Gasteiger partial charge on any atom is 0.319 e. The third-order valence-electron chi connectivity index (χ3n) is 4.31. The molecule has 0 bridgehead atoms. The number of urea groups is 1. The van der Waals surface area contributed by atoms with E-state index in [0.717, 1.165) is 30.7 Å². The lowest BCUT2D eigenvalue weighted by Crippen LogP contribution is -2.34. The van der Waals surface area contributed by atoms with E-state index in [-0.39, 0.29) is 5.92 Å². The number of nitrogens with one attached hydrogen (secondary N) is 2. The van der Waals surface area contributed by atoms with Crippen molar-refractivity contribution in [3.05, 3.63) is 59.7 Å². The van der Waals surface area contributed by atoms with Gasteiger partial charge >= 0.3 is 6.03 Å². The number of benzene rings is 2. The smallest absolute Gasteiger partial charge is 0.319 e. The van der Waals surface area contributed by atoms with Crippen LogP contribution >= 0.6 is 0 Å². The molecule has 1 aliphatic heterocycles. The second kappa shape index (κ2) is 7.63. The van der Waals surface area contributed by atoms with Crippen LogP contribution in [-0.2, 0) is 0 Å². The normalized spacial score (nSPS) is 16.6. The van der Waals surface area contributed by atoms with Crippen molar-refractivity contribution >= 4 is 17.4 Å². The van der Waals surface area contributed by atoms with Crippen molar-refractivity contribution in [1.29, 1.82) is 0 Å². The first kappa shape index (κ1) is 18.0. The molecule has 1 atom stereocenters. The van der Waals surface area contributed by atoms with Gasteiger partial charge in [0.15, 0.2) is 11.6 Å². The van der Waals surface area contributed by atoms with E-state index >= 15 is 0 Å². The molecule has 0 aromatic heterocycles. The van der Waals surface area contributed by atoms with Crippen molar-refractivity contribution < 1.29 is 22.4 Å². The third kappa shape index (κ3) is 4.07. The summed E-state index contributed by atoms with van der Waals surface area (Å²) in [7, 11) is 0. The van der Waals surface area contributed by atoms with E-state index < -0.39 is 35.0 Å². The Bertz CT molecular complexity index is 795. The number of rotatable bonds is 4. The van der Waals surface area contributed by atoms with Crippen LogP contribution in [0, 0.1) is 29.2 Å². The van der Waals surface area contributed by atoms with E-state index in [9.17, 15) is 22.4 Å². The Morgan fingerprint density at radius 2 is 1.77 bits per heavy atom. The average Bonchev–Trinajstić information content (AvgIpc) is 3.08. The van der Waals surface area contributed by atoms with E-state index in [1.54, 1.807) is 0 Å². The fourth-order valence-corrected chi connectivity index (χ4v) is 2.93. The van der Waals surface area contributed by atoms with Crippen LogP contribution in [0.25, 0.3) is 0 Å². The van der Waals surface area contributed by atoms with Crippen LogP contribution in [0.15, 0.2) is 36.4 Å². The highest BCUT2D eigenvalue weighted by molar-refractivity contribution is 5.89. The zero-order chi connectivity index (χ0) is 18.7. The first-order chi connectivity index (χ1) is 12.4. The molecule has 138 valence electrons. The van der Waals surface area contributed by atoms with Gasteiger partial charge < -0.3 is 15.5 Å². The predicted octanol–water partition coefficient (Wildman–Crippen LogP) is 3.89. The molecule has 0 radical (unpaired) electrons. The number of hydrogen-bond acceptors (Lipinski definition) is 2. The van der Waals surface area contributed by atoms with Crippen LogP contribution in [0.1, 0.15) is 6.42 Å². The zero-order valence-electron chi connectivity index (χ0n) is 13.7. The number of amides is 2. The standard InChI is InChI=1S/C18H17F4N3O/c19-13-5-4-12(8-16(13)22)25-7-6-11(10-25)9-23-18(26)24-17-14(20)2-1-3-15(17)21/h1-5,8,11H,6-7,9-10H2,(H2,23,24,26). The van der Waals surface area contributed by atoms with Gasteiger partial charge in [-0.05, 0) is 36.6 Å². The van der Waals surface area contributed by atoms with Crippen LogP contribution in [0.2, 0.25) is 0 Å². The Morgan fingerprint density at radius 1 is 1.04 bits per heavy atom. The number of carbonyl (C=O) groups excluding carboxylic acids is 1. The lowest BCUT2D eigenvalue weighted by Gasteiger charge is -2.19. The van der Waals surface area contributed by atoms with Gasteiger partial charge in [0.05, 0.1) is 0 Å². The van der Waals surface area contributed by atoms with Gasteiger partial charge in [-0.2, -0.15) is 0 Å². The van der Waals surface area contributed by atoms with Crippen LogP contribution in [-0.4, -0.2) is 25.7 Å². The molecule has 0 saturated carbocycles. The maximum absolute atomic E-state index is 13.5. The van der Waals surface area contributed by atoms with E-state index in [2.05, 4.69) is 10.6 Å². The van der Waals surface area contributed by atoms with Crippen molar-refractivity contribution in [2.24, 2.45) is 5.92 Å². The highest BCUT2D eigenvalue weighted by Crippen LogP contribution is 2.25. The molecule has 2 amide bonds. The minimum absolute atomic E-state index is 0.0827. The molecular formula is C18H17F4N3O. The van der Waals surface area contributed by atoms with E-state index in [4.69, 9.17) is 0 Å². The molecule has 1 heterocycles. The van der Waals surface area contributed by atoms with E-state index in [1.807, 2.05) is 4.90 Å². The van der Waals surface area contributed by atoms with Crippen molar-refractivity contribution in [3.63, 3.8) is 0 Å². The molecule has 1 fully saturated rings. The van der Waals surface area contributed by atoms with Crippen molar-refractivity contribution in [3.8, 4) is 0 Å². The van der Waals surface area contributed by atoms with Gasteiger partial charge in [0.25, 0.3) is 0 Å². The van der Waals surface area contributed by atoms with Crippen LogP contribution in [0.4, 0.5) is 33.7 Å². The lowest BCUT2D eigenvalue weighted by atomic mass is 10.1. The van der Waals surface area contributed by atoms with Gasteiger partial charge in [-0.25, -0.2) is 22.4 Å². The second-order valence-corrected chi connectivity index (χ2v) is 6.13. The molecule has 8 heteroatoms. The summed E-state index contributed by atoms with van der Waals surface area (Å²) in [5.74, 6) is -3.44. The van der Waals surface area contributed by atoms with Gasteiger partial charge in [0.2, 0.25) is 0 Å². The average molecular weight is 367 g/mol. The Labute approximate surface area is 147 Å². The minimum atomic E-state index is -0.907. The molecule has 2 N–H and O–H groups in total. The summed E-state index contributed by atoms with van der Waals surface area (Å²) in [6.45, 7) is 1.49. The molecule has 1 aliphatic rings. The van der Waals surface area contributed by atoms with Crippen LogP contribution in [0.3, 0.4) is 0 Å². The monoisotopic (exact) mass is 367 g/mol. The Hall–Kier alpha value is -2.77. The number of nitrogens with zero attached hydrogens (tertiary/aromatic N) is 1. The molecular weight excluding hydrogens is 350 g/mol. The van der Waals surface area contributed by atoms with E-state index in [1.165, 1.54) is 12.1 Å². The molecule has 0 aliphatic carbocycles. The predicted molar refractivity (Wildman–Crippen MR) is 90.1 cm³/mol. The Kier molecular flexibility index (Phi) is 5.29. The number of hydrogen-bond donors (Lipinski definition) is 2. The highest BCUT2D eigenvalue weighted by Gasteiger charge is 2.24. The summed E-state index contributed by atoms with van der Waals surface area (Å²) < 4.78 is 53.3. The summed E-state index contributed by atoms with van der Waals surface area (Å²) in [6, 6.07) is 6.32. The third-order valence-corrected chi connectivity index (χ3v) is 4.31. The quantitative estimate of drug-likeness (QED) is 0.806. The SMILES string of the molecule is O=C(NCC1CCN(c2ccc(F)c(F)c2)C1)Nc1c(F)cccc1F. The summed E-state index contributed by atoms with van der Waals surface area (Å²) in [5.41, 5.74) is 0.0733. The number of carbonyl (C=O) groups is 1. The molecule has 26 heavy (non-hydrogen) atoms. The zero-order valence-corrected chi connectivity index (χ0v) is 13.7. The first-order valence-corrected chi connectivity index (χ1v) is 8.13. The first-order valence-electron chi connectivity index (χ1n) is 8.13. The number of halogens is 4. The van der Waals surface area contributed by atoms with E-state index in [0.29, 0.717) is 25.3 Å². The fourth-order valence-electron chi connectivity index (χ4n) is 2.93. The second-order valence-electron chi connectivity index (χ2n) is 6.13. The minimum Gasteiger partial charge on any atom is -0.371 e.